The molecule has 1 amide bonds. The molecule has 2 aromatic rings. The Morgan fingerprint density at radius 3 is 2.83 bits per heavy atom. The van der Waals surface area contributed by atoms with Crippen LogP contribution in [-0.2, 0) is 0 Å². The molecule has 1 heterocycles. The molecular formula is C13H12ClN3O. The molecule has 0 radical (unpaired) electrons. The van der Waals surface area contributed by atoms with Crippen molar-refractivity contribution in [2.75, 3.05) is 11.1 Å². The Bertz CT molecular complexity index is 599. The number of rotatable bonds is 2. The number of amides is 1. The van der Waals surface area contributed by atoms with E-state index in [0.717, 1.165) is 5.69 Å². The van der Waals surface area contributed by atoms with Crippen molar-refractivity contribution in [3.63, 3.8) is 0 Å². The SMILES string of the molecule is Cc1ncccc1NC(=O)c1ccc(N)c(Cl)c1. The summed E-state index contributed by atoms with van der Waals surface area (Å²) in [5.74, 6) is -0.243. The van der Waals surface area contributed by atoms with Crippen LogP contribution < -0.4 is 11.1 Å². The minimum absolute atomic E-state index is 0.243. The van der Waals surface area contributed by atoms with Gasteiger partial charge in [-0.05, 0) is 37.3 Å². The number of nitrogens with one attached hydrogen (secondary N) is 1. The Morgan fingerprint density at radius 2 is 2.17 bits per heavy atom. The van der Waals surface area contributed by atoms with Gasteiger partial charge in [0.15, 0.2) is 0 Å². The van der Waals surface area contributed by atoms with E-state index >= 15 is 0 Å². The van der Waals surface area contributed by atoms with Crippen molar-refractivity contribution in [3.05, 3.63) is 52.8 Å². The van der Waals surface area contributed by atoms with Crippen molar-refractivity contribution in [3.8, 4) is 0 Å². The Labute approximate surface area is 110 Å². The highest BCUT2D eigenvalue weighted by molar-refractivity contribution is 6.33. The number of pyridine rings is 1. The number of carbonyl (C=O) groups is 1. The maximum absolute atomic E-state index is 12.0. The highest BCUT2D eigenvalue weighted by atomic mass is 35.5. The fraction of sp³-hybridized carbons (Fsp3) is 0.0769. The summed E-state index contributed by atoms with van der Waals surface area (Å²) in [5.41, 5.74) is 7.93. The van der Waals surface area contributed by atoms with E-state index in [0.29, 0.717) is 22.0 Å². The molecule has 0 aliphatic carbocycles. The molecule has 0 aliphatic rings. The van der Waals surface area contributed by atoms with Crippen LogP contribution in [0.2, 0.25) is 5.02 Å². The maximum Gasteiger partial charge on any atom is 0.255 e. The number of benzene rings is 1. The second kappa shape index (κ2) is 5.06. The molecule has 3 N–H and O–H groups in total. The van der Waals surface area contributed by atoms with Crippen molar-refractivity contribution in [1.82, 2.24) is 4.98 Å². The molecule has 0 saturated heterocycles. The molecule has 2 rings (SSSR count). The fourth-order valence-electron chi connectivity index (χ4n) is 1.48. The number of nitrogens with zero attached hydrogens (tertiary/aromatic N) is 1. The third-order valence-electron chi connectivity index (χ3n) is 2.52. The van der Waals surface area contributed by atoms with E-state index in [1.165, 1.54) is 6.07 Å². The van der Waals surface area contributed by atoms with Gasteiger partial charge in [0.25, 0.3) is 5.91 Å². The summed E-state index contributed by atoms with van der Waals surface area (Å²) in [7, 11) is 0. The number of aryl methyl sites for hydroxylation is 1. The van der Waals surface area contributed by atoms with Gasteiger partial charge >= 0.3 is 0 Å². The smallest absolute Gasteiger partial charge is 0.255 e. The predicted octanol–water partition coefficient (Wildman–Crippen LogP) is 2.88. The summed E-state index contributed by atoms with van der Waals surface area (Å²) in [6.45, 7) is 1.82. The number of halogens is 1. The van der Waals surface area contributed by atoms with E-state index < -0.39 is 0 Å². The molecule has 1 aromatic carbocycles. The monoisotopic (exact) mass is 261 g/mol. The number of nitrogen functional groups attached to an aromatic ring is 1. The predicted molar refractivity (Wildman–Crippen MR) is 72.8 cm³/mol. The zero-order valence-electron chi connectivity index (χ0n) is 9.77. The van der Waals surface area contributed by atoms with Crippen LogP contribution in [0.5, 0.6) is 0 Å². The van der Waals surface area contributed by atoms with Crippen molar-refractivity contribution in [1.29, 1.82) is 0 Å². The summed E-state index contributed by atoms with van der Waals surface area (Å²) in [5, 5.41) is 3.14. The maximum atomic E-state index is 12.0. The van der Waals surface area contributed by atoms with E-state index in [9.17, 15) is 4.79 Å². The van der Waals surface area contributed by atoms with E-state index in [-0.39, 0.29) is 5.91 Å². The van der Waals surface area contributed by atoms with Crippen LogP contribution in [0.25, 0.3) is 0 Å². The number of nitrogens with two attached hydrogens (primary N) is 1. The minimum atomic E-state index is -0.243. The second-order valence-electron chi connectivity index (χ2n) is 3.83. The Hall–Kier alpha value is -2.07. The van der Waals surface area contributed by atoms with Crippen LogP contribution in [-0.4, -0.2) is 10.9 Å². The number of anilines is 2. The van der Waals surface area contributed by atoms with Crippen LogP contribution >= 0.6 is 11.6 Å². The molecule has 0 saturated carbocycles. The minimum Gasteiger partial charge on any atom is -0.398 e. The largest absolute Gasteiger partial charge is 0.398 e. The van der Waals surface area contributed by atoms with Crippen LogP contribution in [0.1, 0.15) is 16.1 Å². The number of hydrogen-bond donors (Lipinski definition) is 2. The average molecular weight is 262 g/mol. The summed E-state index contributed by atoms with van der Waals surface area (Å²) in [4.78, 5) is 16.1. The van der Waals surface area contributed by atoms with E-state index in [4.69, 9.17) is 17.3 Å². The summed E-state index contributed by atoms with van der Waals surface area (Å²) in [6.07, 6.45) is 1.67. The number of hydrogen-bond acceptors (Lipinski definition) is 3. The lowest BCUT2D eigenvalue weighted by Crippen LogP contribution is -2.13. The first-order valence-corrected chi connectivity index (χ1v) is 5.73. The quantitative estimate of drug-likeness (QED) is 0.817. The van der Waals surface area contributed by atoms with Crippen molar-refractivity contribution < 1.29 is 4.79 Å². The van der Waals surface area contributed by atoms with Gasteiger partial charge in [-0.2, -0.15) is 0 Å². The summed E-state index contributed by atoms with van der Waals surface area (Å²) < 4.78 is 0. The first-order chi connectivity index (χ1) is 8.58. The molecule has 0 unspecified atom stereocenters. The van der Waals surface area contributed by atoms with E-state index in [1.54, 1.807) is 30.5 Å². The van der Waals surface area contributed by atoms with E-state index in [1.807, 2.05) is 6.92 Å². The van der Waals surface area contributed by atoms with Crippen LogP contribution in [0.4, 0.5) is 11.4 Å². The van der Waals surface area contributed by atoms with Gasteiger partial charge in [-0.3, -0.25) is 9.78 Å². The van der Waals surface area contributed by atoms with Crippen LogP contribution in [0.3, 0.4) is 0 Å². The lowest BCUT2D eigenvalue weighted by molar-refractivity contribution is 0.102. The highest BCUT2D eigenvalue weighted by Gasteiger charge is 2.09. The molecule has 4 nitrogen and oxygen atoms in total. The molecule has 18 heavy (non-hydrogen) atoms. The molecule has 92 valence electrons. The molecule has 0 aliphatic heterocycles. The van der Waals surface area contributed by atoms with Gasteiger partial charge in [-0.25, -0.2) is 0 Å². The first kappa shape index (κ1) is 12.4. The lowest BCUT2D eigenvalue weighted by atomic mass is 10.2. The molecule has 0 fully saturated rings. The highest BCUT2D eigenvalue weighted by Crippen LogP contribution is 2.20. The van der Waals surface area contributed by atoms with Crippen molar-refractivity contribution >= 4 is 28.9 Å². The molecule has 0 spiro atoms. The molecule has 1 aromatic heterocycles. The Balaban J connectivity index is 2.22. The lowest BCUT2D eigenvalue weighted by Gasteiger charge is -2.08. The molecule has 0 bridgehead atoms. The van der Waals surface area contributed by atoms with Gasteiger partial charge in [0.05, 0.1) is 22.1 Å². The van der Waals surface area contributed by atoms with Crippen LogP contribution in [0.15, 0.2) is 36.5 Å². The number of carbonyl (C=O) groups excluding carboxylic acids is 1. The molecular weight excluding hydrogens is 250 g/mol. The number of aromatic nitrogens is 1. The summed E-state index contributed by atoms with van der Waals surface area (Å²) in [6, 6.07) is 8.32. The first-order valence-electron chi connectivity index (χ1n) is 5.36. The van der Waals surface area contributed by atoms with Gasteiger partial charge < -0.3 is 11.1 Å². The second-order valence-corrected chi connectivity index (χ2v) is 4.23. The van der Waals surface area contributed by atoms with E-state index in [2.05, 4.69) is 10.3 Å². The topological polar surface area (TPSA) is 68.0 Å². The molecule has 0 atom stereocenters. The van der Waals surface area contributed by atoms with Gasteiger partial charge in [-0.1, -0.05) is 11.6 Å². The van der Waals surface area contributed by atoms with Gasteiger partial charge in [-0.15, -0.1) is 0 Å². The summed E-state index contributed by atoms with van der Waals surface area (Å²) >= 11 is 5.87. The third-order valence-corrected chi connectivity index (χ3v) is 2.85. The van der Waals surface area contributed by atoms with Gasteiger partial charge in [0.2, 0.25) is 0 Å². The standard InChI is InChI=1S/C13H12ClN3O/c1-8-12(3-2-6-16-8)17-13(18)9-4-5-11(15)10(14)7-9/h2-7H,15H2,1H3,(H,17,18). The third kappa shape index (κ3) is 2.60. The zero-order chi connectivity index (χ0) is 13.1. The Kier molecular flexibility index (Phi) is 3.48. The van der Waals surface area contributed by atoms with Gasteiger partial charge in [0.1, 0.15) is 0 Å². The Morgan fingerprint density at radius 1 is 1.39 bits per heavy atom. The van der Waals surface area contributed by atoms with Crippen molar-refractivity contribution in [2.24, 2.45) is 0 Å². The zero-order valence-corrected chi connectivity index (χ0v) is 10.5. The van der Waals surface area contributed by atoms with Crippen molar-refractivity contribution in [2.45, 2.75) is 6.92 Å². The average Bonchev–Trinajstić information content (AvgIpc) is 2.35. The molecule has 5 heteroatoms. The van der Waals surface area contributed by atoms with Crippen LogP contribution in [0, 0.1) is 6.92 Å². The fourth-order valence-corrected chi connectivity index (χ4v) is 1.66. The normalized spacial score (nSPS) is 10.1. The van der Waals surface area contributed by atoms with Gasteiger partial charge in [0, 0.05) is 11.8 Å².